The number of rotatable bonds is 3. The molecule has 0 aliphatic carbocycles. The van der Waals surface area contributed by atoms with Crippen molar-refractivity contribution in [3.05, 3.63) is 71.8 Å². The Bertz CT molecular complexity index is 694. The summed E-state index contributed by atoms with van der Waals surface area (Å²) in [5, 5.41) is 9.38. The maximum atomic E-state index is 12.3. The van der Waals surface area contributed by atoms with E-state index < -0.39 is 0 Å². The summed E-state index contributed by atoms with van der Waals surface area (Å²) in [7, 11) is 0. The molecule has 4 nitrogen and oxygen atoms in total. The molecule has 0 N–H and O–H groups in total. The van der Waals surface area contributed by atoms with Gasteiger partial charge in [-0.1, -0.05) is 60.7 Å². The van der Waals surface area contributed by atoms with Gasteiger partial charge in [-0.05, 0) is 11.1 Å². The first-order chi connectivity index (χ1) is 11.3. The third-order valence-corrected chi connectivity index (χ3v) is 4.18. The van der Waals surface area contributed by atoms with Gasteiger partial charge in [0.1, 0.15) is 6.61 Å². The van der Waals surface area contributed by atoms with Crippen molar-refractivity contribution in [2.45, 2.75) is 12.5 Å². The highest BCUT2D eigenvalue weighted by Crippen LogP contribution is 2.32. The minimum Gasteiger partial charge on any atom is -0.445 e. The second-order valence-electron chi connectivity index (χ2n) is 5.70. The van der Waals surface area contributed by atoms with Crippen molar-refractivity contribution in [3.8, 4) is 6.07 Å². The summed E-state index contributed by atoms with van der Waals surface area (Å²) in [5.74, 6) is -0.146. The molecule has 23 heavy (non-hydrogen) atoms. The molecule has 4 heteroatoms. The Kier molecular flexibility index (Phi) is 4.58. The molecule has 2 atom stereocenters. The van der Waals surface area contributed by atoms with Crippen LogP contribution >= 0.6 is 0 Å². The third-order valence-electron chi connectivity index (χ3n) is 4.18. The normalized spacial score (nSPS) is 20.0. The molecule has 0 spiro atoms. The zero-order valence-corrected chi connectivity index (χ0v) is 12.8. The van der Waals surface area contributed by atoms with Gasteiger partial charge in [0, 0.05) is 19.0 Å². The van der Waals surface area contributed by atoms with Gasteiger partial charge >= 0.3 is 6.09 Å². The molecule has 0 unspecified atom stereocenters. The van der Waals surface area contributed by atoms with E-state index in [4.69, 9.17) is 4.74 Å². The molecule has 3 rings (SSSR count). The third kappa shape index (κ3) is 3.51. The van der Waals surface area contributed by atoms with E-state index in [1.807, 2.05) is 60.7 Å². The van der Waals surface area contributed by atoms with Gasteiger partial charge in [0.25, 0.3) is 0 Å². The Balaban J connectivity index is 1.63. The summed E-state index contributed by atoms with van der Waals surface area (Å²) in [5.41, 5.74) is 2.05. The fourth-order valence-electron chi connectivity index (χ4n) is 2.93. The quantitative estimate of drug-likeness (QED) is 0.871. The Morgan fingerprint density at radius 1 is 1.09 bits per heavy atom. The number of carbonyl (C=O) groups is 1. The molecular formula is C19H18N2O2. The fraction of sp³-hybridized carbons (Fsp3) is 0.263. The first-order valence-corrected chi connectivity index (χ1v) is 7.68. The standard InChI is InChI=1S/C19H18N2O2/c20-11-17-12-21(13-18(17)16-9-5-2-6-10-16)19(22)23-14-15-7-3-1-4-8-15/h1-10,17-18H,12-14H2/t17-,18+/m1/s1. The number of nitrogens with zero attached hydrogens (tertiary/aromatic N) is 2. The number of ether oxygens (including phenoxy) is 1. The Labute approximate surface area is 135 Å². The number of hydrogen-bond donors (Lipinski definition) is 0. The van der Waals surface area contributed by atoms with Gasteiger partial charge in [0.2, 0.25) is 0 Å². The molecule has 1 aliphatic heterocycles. The lowest BCUT2D eigenvalue weighted by Crippen LogP contribution is -2.29. The SMILES string of the molecule is N#C[C@@H]1CN(C(=O)OCc2ccccc2)C[C@H]1c1ccccc1. The Hall–Kier alpha value is -2.80. The molecule has 0 saturated carbocycles. The number of benzene rings is 2. The van der Waals surface area contributed by atoms with Crippen molar-refractivity contribution in [1.29, 1.82) is 5.26 Å². The zero-order valence-electron chi connectivity index (χ0n) is 12.8. The molecule has 2 aromatic carbocycles. The van der Waals surface area contributed by atoms with E-state index in [1.54, 1.807) is 4.90 Å². The smallest absolute Gasteiger partial charge is 0.410 e. The van der Waals surface area contributed by atoms with Crippen LogP contribution in [-0.2, 0) is 11.3 Å². The van der Waals surface area contributed by atoms with E-state index in [-0.39, 0.29) is 24.5 Å². The van der Waals surface area contributed by atoms with Crippen LogP contribution in [0.2, 0.25) is 0 Å². The van der Waals surface area contributed by atoms with Gasteiger partial charge in [-0.15, -0.1) is 0 Å². The molecule has 1 fully saturated rings. The molecule has 2 aromatic rings. The van der Waals surface area contributed by atoms with Gasteiger partial charge in [-0.2, -0.15) is 5.26 Å². The van der Waals surface area contributed by atoms with Gasteiger partial charge in [0.05, 0.1) is 12.0 Å². The molecule has 1 aliphatic rings. The number of likely N-dealkylation sites (tertiary alicyclic amines) is 1. The zero-order chi connectivity index (χ0) is 16.1. The molecule has 0 radical (unpaired) electrons. The lowest BCUT2D eigenvalue weighted by Gasteiger charge is -2.16. The van der Waals surface area contributed by atoms with E-state index >= 15 is 0 Å². The maximum Gasteiger partial charge on any atom is 0.410 e. The van der Waals surface area contributed by atoms with Crippen LogP contribution in [0.5, 0.6) is 0 Å². The monoisotopic (exact) mass is 306 g/mol. The summed E-state index contributed by atoms with van der Waals surface area (Å²) in [6.07, 6.45) is -0.354. The molecule has 0 bridgehead atoms. The summed E-state index contributed by atoms with van der Waals surface area (Å²) >= 11 is 0. The van der Waals surface area contributed by atoms with Crippen LogP contribution < -0.4 is 0 Å². The molecule has 0 aromatic heterocycles. The summed E-state index contributed by atoms with van der Waals surface area (Å²) in [4.78, 5) is 13.9. The highest BCUT2D eigenvalue weighted by atomic mass is 16.6. The van der Waals surface area contributed by atoms with Gasteiger partial charge in [-0.3, -0.25) is 0 Å². The number of nitriles is 1. The van der Waals surface area contributed by atoms with Crippen LogP contribution in [0.15, 0.2) is 60.7 Å². The van der Waals surface area contributed by atoms with Crippen molar-refractivity contribution >= 4 is 6.09 Å². The van der Waals surface area contributed by atoms with E-state index in [1.165, 1.54) is 0 Å². The molecular weight excluding hydrogens is 288 g/mol. The lowest BCUT2D eigenvalue weighted by molar-refractivity contribution is 0.103. The van der Waals surface area contributed by atoms with Crippen LogP contribution in [0.3, 0.4) is 0 Å². The van der Waals surface area contributed by atoms with Crippen molar-refractivity contribution in [1.82, 2.24) is 4.90 Å². The van der Waals surface area contributed by atoms with Crippen molar-refractivity contribution in [2.75, 3.05) is 13.1 Å². The predicted octanol–water partition coefficient (Wildman–Crippen LogP) is 3.56. The van der Waals surface area contributed by atoms with Crippen LogP contribution in [0.4, 0.5) is 4.79 Å². The largest absolute Gasteiger partial charge is 0.445 e. The van der Waals surface area contributed by atoms with Gasteiger partial charge in [-0.25, -0.2) is 4.79 Å². The van der Waals surface area contributed by atoms with E-state index in [0.717, 1.165) is 11.1 Å². The highest BCUT2D eigenvalue weighted by Gasteiger charge is 2.36. The van der Waals surface area contributed by atoms with Crippen LogP contribution in [-0.4, -0.2) is 24.1 Å². The molecule has 1 heterocycles. The highest BCUT2D eigenvalue weighted by molar-refractivity contribution is 5.68. The Morgan fingerprint density at radius 3 is 2.39 bits per heavy atom. The van der Waals surface area contributed by atoms with Crippen molar-refractivity contribution in [3.63, 3.8) is 0 Å². The number of carbonyl (C=O) groups excluding carboxylic acids is 1. The second kappa shape index (κ2) is 6.97. The summed E-state index contributed by atoms with van der Waals surface area (Å²) in [6.45, 7) is 1.20. The predicted molar refractivity (Wildman–Crippen MR) is 86.5 cm³/mol. The van der Waals surface area contributed by atoms with Crippen molar-refractivity contribution < 1.29 is 9.53 Å². The lowest BCUT2D eigenvalue weighted by atomic mass is 9.90. The fourth-order valence-corrected chi connectivity index (χ4v) is 2.93. The average Bonchev–Trinajstić information content (AvgIpc) is 3.06. The van der Waals surface area contributed by atoms with Gasteiger partial charge in [0.15, 0.2) is 0 Å². The number of hydrogen-bond acceptors (Lipinski definition) is 3. The molecule has 116 valence electrons. The first-order valence-electron chi connectivity index (χ1n) is 7.68. The van der Waals surface area contributed by atoms with Crippen molar-refractivity contribution in [2.24, 2.45) is 5.92 Å². The molecule has 1 saturated heterocycles. The summed E-state index contributed by atoms with van der Waals surface area (Å²) < 4.78 is 5.37. The second-order valence-corrected chi connectivity index (χ2v) is 5.70. The number of amides is 1. The van der Waals surface area contributed by atoms with Crippen LogP contribution in [0.25, 0.3) is 0 Å². The van der Waals surface area contributed by atoms with E-state index in [0.29, 0.717) is 13.1 Å². The minimum absolute atomic E-state index is 0.0467. The Morgan fingerprint density at radius 2 is 1.74 bits per heavy atom. The first kappa shape index (κ1) is 15.1. The average molecular weight is 306 g/mol. The van der Waals surface area contributed by atoms with Gasteiger partial charge < -0.3 is 9.64 Å². The maximum absolute atomic E-state index is 12.3. The van der Waals surface area contributed by atoms with Crippen LogP contribution in [0, 0.1) is 17.2 Å². The van der Waals surface area contributed by atoms with E-state index in [2.05, 4.69) is 6.07 Å². The van der Waals surface area contributed by atoms with E-state index in [9.17, 15) is 10.1 Å². The summed E-state index contributed by atoms with van der Waals surface area (Å²) in [6, 6.07) is 21.8. The van der Waals surface area contributed by atoms with Crippen LogP contribution in [0.1, 0.15) is 17.0 Å². The topological polar surface area (TPSA) is 53.3 Å². The minimum atomic E-state index is -0.354. The molecule has 1 amide bonds.